The maximum absolute atomic E-state index is 9.46. The van der Waals surface area contributed by atoms with Crippen molar-refractivity contribution in [3.63, 3.8) is 0 Å². The second kappa shape index (κ2) is 6.21. The van der Waals surface area contributed by atoms with Crippen molar-refractivity contribution >= 4 is 0 Å². The molecule has 1 fully saturated rings. The molecule has 18 heavy (non-hydrogen) atoms. The normalized spacial score (nSPS) is 17.1. The smallest absolute Gasteiger partial charge is 0.115 e. The third-order valence-electron chi connectivity index (χ3n) is 3.69. The number of phenols is 1. The molecule has 0 aromatic heterocycles. The molecule has 0 heterocycles. The number of nitrogens with zero attached hydrogens (tertiary/aromatic N) is 1. The summed E-state index contributed by atoms with van der Waals surface area (Å²) in [5, 5.41) is 13.0. The van der Waals surface area contributed by atoms with Gasteiger partial charge in [0.1, 0.15) is 5.75 Å². The Morgan fingerprint density at radius 1 is 1.44 bits per heavy atom. The molecule has 1 aromatic rings. The molecule has 0 amide bonds. The lowest BCUT2D eigenvalue weighted by Crippen LogP contribution is -2.34. The van der Waals surface area contributed by atoms with Gasteiger partial charge in [-0.15, -0.1) is 0 Å². The topological polar surface area (TPSA) is 35.5 Å². The van der Waals surface area contributed by atoms with Crippen LogP contribution in [0.3, 0.4) is 0 Å². The van der Waals surface area contributed by atoms with Gasteiger partial charge >= 0.3 is 0 Å². The quantitative estimate of drug-likeness (QED) is 0.778. The Hall–Kier alpha value is -1.06. The minimum Gasteiger partial charge on any atom is -0.508 e. The zero-order chi connectivity index (χ0) is 13.0. The van der Waals surface area contributed by atoms with Crippen molar-refractivity contribution in [1.29, 1.82) is 0 Å². The van der Waals surface area contributed by atoms with E-state index in [1.165, 1.54) is 12.8 Å². The molecule has 0 bridgehead atoms. The summed E-state index contributed by atoms with van der Waals surface area (Å²) in [6, 6.07) is 8.61. The zero-order valence-electron chi connectivity index (χ0n) is 11.4. The highest BCUT2D eigenvalue weighted by Gasteiger charge is 2.27. The van der Waals surface area contributed by atoms with Crippen molar-refractivity contribution in [2.75, 3.05) is 19.6 Å². The van der Waals surface area contributed by atoms with Gasteiger partial charge in [0.15, 0.2) is 0 Å². The number of likely N-dealkylation sites (N-methyl/N-ethyl adjacent to an activating group) is 1. The van der Waals surface area contributed by atoms with Crippen LogP contribution in [0.15, 0.2) is 24.3 Å². The number of nitrogens with one attached hydrogen (secondary N) is 1. The first kappa shape index (κ1) is 13.4. The first-order valence-corrected chi connectivity index (χ1v) is 6.97. The molecule has 3 heteroatoms. The van der Waals surface area contributed by atoms with Crippen molar-refractivity contribution in [2.24, 2.45) is 0 Å². The first-order chi connectivity index (χ1) is 8.70. The molecule has 1 aliphatic rings. The largest absolute Gasteiger partial charge is 0.508 e. The third kappa shape index (κ3) is 3.72. The van der Waals surface area contributed by atoms with Crippen molar-refractivity contribution in [3.05, 3.63) is 29.8 Å². The minimum atomic E-state index is 0.287. The van der Waals surface area contributed by atoms with Crippen LogP contribution < -0.4 is 5.32 Å². The van der Waals surface area contributed by atoms with Crippen LogP contribution in [0.1, 0.15) is 38.3 Å². The van der Waals surface area contributed by atoms with Crippen LogP contribution in [0.4, 0.5) is 0 Å². The van der Waals surface area contributed by atoms with Gasteiger partial charge in [-0.1, -0.05) is 19.1 Å². The Labute approximate surface area is 110 Å². The SMILES string of the molecule is CCN(CCNC(C)c1cccc(O)c1)C1CC1. The molecule has 0 radical (unpaired) electrons. The molecule has 2 rings (SSSR count). The molecule has 1 saturated carbocycles. The minimum absolute atomic E-state index is 0.287. The Morgan fingerprint density at radius 3 is 2.83 bits per heavy atom. The fourth-order valence-corrected chi connectivity index (χ4v) is 2.38. The molecule has 1 atom stereocenters. The summed E-state index contributed by atoms with van der Waals surface area (Å²) in [6.07, 6.45) is 2.74. The third-order valence-corrected chi connectivity index (χ3v) is 3.69. The van der Waals surface area contributed by atoms with Crippen LogP contribution in [0.5, 0.6) is 5.75 Å². The molecule has 1 aromatic carbocycles. The maximum atomic E-state index is 9.46. The Morgan fingerprint density at radius 2 is 2.22 bits per heavy atom. The molecular formula is C15H24N2O. The van der Waals surface area contributed by atoms with Gasteiger partial charge in [-0.05, 0) is 44.0 Å². The van der Waals surface area contributed by atoms with Gasteiger partial charge in [0, 0.05) is 25.2 Å². The summed E-state index contributed by atoms with van der Waals surface area (Å²) < 4.78 is 0. The van der Waals surface area contributed by atoms with E-state index < -0.39 is 0 Å². The number of hydrogen-bond acceptors (Lipinski definition) is 3. The number of aromatic hydroxyl groups is 1. The summed E-state index contributed by atoms with van der Waals surface area (Å²) >= 11 is 0. The van der Waals surface area contributed by atoms with E-state index in [0.29, 0.717) is 5.75 Å². The van der Waals surface area contributed by atoms with Gasteiger partial charge in [0.2, 0.25) is 0 Å². The first-order valence-electron chi connectivity index (χ1n) is 6.97. The molecule has 0 saturated heterocycles. The summed E-state index contributed by atoms with van der Waals surface area (Å²) in [7, 11) is 0. The standard InChI is InChI=1S/C15H24N2O/c1-3-17(14-7-8-14)10-9-16-12(2)13-5-4-6-15(18)11-13/h4-6,11-12,14,16,18H,3,7-10H2,1-2H3. The highest BCUT2D eigenvalue weighted by atomic mass is 16.3. The average Bonchev–Trinajstić information content (AvgIpc) is 3.18. The van der Waals surface area contributed by atoms with Crippen LogP contribution in [0, 0.1) is 0 Å². The second-order valence-electron chi connectivity index (χ2n) is 5.13. The Bertz CT molecular complexity index is 377. The van der Waals surface area contributed by atoms with E-state index >= 15 is 0 Å². The summed E-state index contributed by atoms with van der Waals surface area (Å²) in [6.45, 7) is 7.64. The van der Waals surface area contributed by atoms with Gasteiger partial charge in [0.25, 0.3) is 0 Å². The fraction of sp³-hybridized carbons (Fsp3) is 0.600. The summed E-state index contributed by atoms with van der Waals surface area (Å²) in [4.78, 5) is 2.54. The van der Waals surface area contributed by atoms with E-state index in [1.54, 1.807) is 6.07 Å². The van der Waals surface area contributed by atoms with Crippen molar-refractivity contribution in [1.82, 2.24) is 10.2 Å². The maximum Gasteiger partial charge on any atom is 0.115 e. The second-order valence-corrected chi connectivity index (χ2v) is 5.13. The number of rotatable bonds is 7. The van der Waals surface area contributed by atoms with Crippen molar-refractivity contribution < 1.29 is 5.11 Å². The molecule has 3 nitrogen and oxygen atoms in total. The zero-order valence-corrected chi connectivity index (χ0v) is 11.4. The Kier molecular flexibility index (Phi) is 4.61. The van der Waals surface area contributed by atoms with E-state index in [1.807, 2.05) is 12.1 Å². The lowest BCUT2D eigenvalue weighted by molar-refractivity contribution is 0.273. The lowest BCUT2D eigenvalue weighted by atomic mass is 10.1. The molecule has 1 aliphatic carbocycles. The highest BCUT2D eigenvalue weighted by Crippen LogP contribution is 2.26. The van der Waals surface area contributed by atoms with Crippen LogP contribution in [0.2, 0.25) is 0 Å². The van der Waals surface area contributed by atoms with Gasteiger partial charge in [-0.25, -0.2) is 0 Å². The van der Waals surface area contributed by atoms with Crippen LogP contribution in [-0.2, 0) is 0 Å². The number of benzene rings is 1. The van der Waals surface area contributed by atoms with Crippen LogP contribution >= 0.6 is 0 Å². The molecule has 0 spiro atoms. The van der Waals surface area contributed by atoms with E-state index in [4.69, 9.17) is 0 Å². The van der Waals surface area contributed by atoms with Gasteiger partial charge in [-0.3, -0.25) is 4.90 Å². The summed E-state index contributed by atoms with van der Waals surface area (Å²) in [5.74, 6) is 0.342. The molecular weight excluding hydrogens is 224 g/mol. The van der Waals surface area contributed by atoms with E-state index in [0.717, 1.165) is 31.2 Å². The molecule has 2 N–H and O–H groups in total. The molecule has 100 valence electrons. The predicted molar refractivity (Wildman–Crippen MR) is 74.8 cm³/mol. The van der Waals surface area contributed by atoms with Crippen molar-refractivity contribution in [3.8, 4) is 5.75 Å². The van der Waals surface area contributed by atoms with Crippen molar-refractivity contribution in [2.45, 2.75) is 38.8 Å². The van der Waals surface area contributed by atoms with Crippen LogP contribution in [-0.4, -0.2) is 35.7 Å². The Balaban J connectivity index is 1.75. The number of phenolic OH excluding ortho intramolecular Hbond substituents is 1. The van der Waals surface area contributed by atoms with Gasteiger partial charge in [0.05, 0.1) is 0 Å². The van der Waals surface area contributed by atoms with Gasteiger partial charge in [-0.2, -0.15) is 0 Å². The van der Waals surface area contributed by atoms with Crippen LogP contribution in [0.25, 0.3) is 0 Å². The van der Waals surface area contributed by atoms with E-state index in [9.17, 15) is 5.11 Å². The molecule has 0 aliphatic heterocycles. The monoisotopic (exact) mass is 248 g/mol. The molecule has 1 unspecified atom stereocenters. The predicted octanol–water partition coefficient (Wildman–Crippen LogP) is 2.53. The summed E-state index contributed by atoms with van der Waals surface area (Å²) in [5.41, 5.74) is 1.14. The van der Waals surface area contributed by atoms with Gasteiger partial charge < -0.3 is 10.4 Å². The van der Waals surface area contributed by atoms with E-state index in [-0.39, 0.29) is 6.04 Å². The highest BCUT2D eigenvalue weighted by molar-refractivity contribution is 5.28. The number of hydrogen-bond donors (Lipinski definition) is 2. The van der Waals surface area contributed by atoms with E-state index in [2.05, 4.69) is 30.1 Å². The fourth-order valence-electron chi connectivity index (χ4n) is 2.38. The average molecular weight is 248 g/mol. The lowest BCUT2D eigenvalue weighted by Gasteiger charge is -2.22.